The lowest BCUT2D eigenvalue weighted by Crippen LogP contribution is -2.34. The van der Waals surface area contributed by atoms with E-state index in [1.807, 2.05) is 24.3 Å². The molecule has 0 aliphatic carbocycles. The Morgan fingerprint density at radius 2 is 1.76 bits per heavy atom. The maximum Gasteiger partial charge on any atom is 0.241 e. The van der Waals surface area contributed by atoms with Crippen LogP contribution in [0.5, 0.6) is 0 Å². The number of nitrogens with zero attached hydrogens (tertiary/aromatic N) is 3. The fourth-order valence-electron chi connectivity index (χ4n) is 4.30. The van der Waals surface area contributed by atoms with Gasteiger partial charge in [0.1, 0.15) is 0 Å². The first-order chi connectivity index (χ1) is 12.1. The normalized spacial score (nSPS) is 30.4. The maximum atomic E-state index is 12.8. The Bertz CT molecular complexity index is 852. The van der Waals surface area contributed by atoms with Crippen molar-refractivity contribution in [2.75, 3.05) is 4.90 Å². The van der Waals surface area contributed by atoms with Crippen LogP contribution in [0.4, 0.5) is 5.82 Å². The van der Waals surface area contributed by atoms with Crippen LogP contribution in [0.3, 0.4) is 0 Å². The lowest BCUT2D eigenvalue weighted by atomic mass is 9.81. The molecule has 0 unspecified atom stereocenters. The van der Waals surface area contributed by atoms with E-state index in [1.54, 1.807) is 16.9 Å². The van der Waals surface area contributed by atoms with Crippen molar-refractivity contribution in [2.45, 2.75) is 31.6 Å². The number of anilines is 1. The molecule has 1 aromatic carbocycles. The molecule has 0 saturated carbocycles. The Morgan fingerprint density at radius 1 is 1.08 bits per heavy atom. The minimum absolute atomic E-state index is 0.110. The zero-order valence-corrected chi connectivity index (χ0v) is 14.1. The van der Waals surface area contributed by atoms with Crippen LogP contribution in [-0.2, 0) is 20.9 Å². The fraction of sp³-hybridized carbons (Fsp3) is 0.389. The standard InChI is InChI=1S/C18H16ClN3O3/c19-11-4-2-1-3-10(11)9-21-8-7-14(20-21)22-17(23)15-12-5-6-13(25-12)16(15)18(22)24/h1-4,7-8,12-13,15-16H,5-6,9H2/t12-,13-,15+,16+/m1/s1. The van der Waals surface area contributed by atoms with Crippen molar-refractivity contribution in [1.29, 1.82) is 0 Å². The summed E-state index contributed by atoms with van der Waals surface area (Å²) in [7, 11) is 0. The zero-order valence-electron chi connectivity index (χ0n) is 13.3. The molecule has 0 radical (unpaired) electrons. The molecule has 0 spiro atoms. The summed E-state index contributed by atoms with van der Waals surface area (Å²) >= 11 is 6.18. The topological polar surface area (TPSA) is 64.4 Å². The van der Waals surface area contributed by atoms with Crippen LogP contribution in [0.25, 0.3) is 0 Å². The summed E-state index contributed by atoms with van der Waals surface area (Å²) in [6.07, 6.45) is 3.26. The monoisotopic (exact) mass is 357 g/mol. The first-order valence-electron chi connectivity index (χ1n) is 8.43. The smallest absolute Gasteiger partial charge is 0.241 e. The molecular formula is C18H16ClN3O3. The Hall–Kier alpha value is -2.18. The highest BCUT2D eigenvalue weighted by Gasteiger charge is 2.63. The molecule has 7 heteroatoms. The van der Waals surface area contributed by atoms with Crippen molar-refractivity contribution in [2.24, 2.45) is 11.8 Å². The number of fused-ring (bicyclic) bond motifs is 5. The quantitative estimate of drug-likeness (QED) is 0.790. The molecule has 3 fully saturated rings. The van der Waals surface area contributed by atoms with Gasteiger partial charge in [-0.25, -0.2) is 4.90 Å². The van der Waals surface area contributed by atoms with E-state index in [1.165, 1.54) is 4.90 Å². The molecule has 4 heterocycles. The molecule has 6 nitrogen and oxygen atoms in total. The molecule has 5 rings (SSSR count). The van der Waals surface area contributed by atoms with E-state index in [9.17, 15) is 9.59 Å². The summed E-state index contributed by atoms with van der Waals surface area (Å²) in [4.78, 5) is 26.8. The Labute approximate surface area is 149 Å². The number of halogens is 1. The van der Waals surface area contributed by atoms with Crippen molar-refractivity contribution >= 4 is 29.2 Å². The number of amides is 2. The van der Waals surface area contributed by atoms with E-state index in [4.69, 9.17) is 16.3 Å². The third-order valence-corrected chi connectivity index (χ3v) is 5.80. The second-order valence-corrected chi connectivity index (χ2v) is 7.22. The van der Waals surface area contributed by atoms with Crippen molar-refractivity contribution in [3.8, 4) is 0 Å². The van der Waals surface area contributed by atoms with Crippen LogP contribution < -0.4 is 4.90 Å². The second kappa shape index (κ2) is 5.41. The van der Waals surface area contributed by atoms with Gasteiger partial charge in [0.05, 0.1) is 30.6 Å². The van der Waals surface area contributed by atoms with Crippen LogP contribution in [0.1, 0.15) is 18.4 Å². The molecular weight excluding hydrogens is 342 g/mol. The van der Waals surface area contributed by atoms with Crippen molar-refractivity contribution < 1.29 is 14.3 Å². The summed E-state index contributed by atoms with van der Waals surface area (Å²) in [5.41, 5.74) is 0.932. The number of rotatable bonds is 3. The highest BCUT2D eigenvalue weighted by atomic mass is 35.5. The van der Waals surface area contributed by atoms with Gasteiger partial charge in [-0.05, 0) is 24.5 Å². The molecule has 0 N–H and O–H groups in total. The molecule has 2 amide bonds. The maximum absolute atomic E-state index is 12.8. The summed E-state index contributed by atoms with van der Waals surface area (Å²) in [5, 5.41) is 5.09. The molecule has 4 atom stereocenters. The number of benzene rings is 1. The predicted molar refractivity (Wildman–Crippen MR) is 90.1 cm³/mol. The number of imide groups is 1. The lowest BCUT2D eigenvalue weighted by Gasteiger charge is -2.15. The molecule has 25 heavy (non-hydrogen) atoms. The zero-order chi connectivity index (χ0) is 17.1. The van der Waals surface area contributed by atoms with Gasteiger partial charge in [-0.1, -0.05) is 29.8 Å². The SMILES string of the molecule is O=C1[C@@H]2[C@@H](C(=O)N1c1ccn(Cc3ccccc3Cl)n1)[C@H]1CC[C@H]2O1. The minimum atomic E-state index is -0.333. The van der Waals surface area contributed by atoms with Crippen LogP contribution in [0, 0.1) is 11.8 Å². The number of hydrogen-bond donors (Lipinski definition) is 0. The second-order valence-electron chi connectivity index (χ2n) is 6.82. The Balaban J connectivity index is 1.41. The van der Waals surface area contributed by atoms with Crippen molar-refractivity contribution in [1.82, 2.24) is 9.78 Å². The number of hydrogen-bond acceptors (Lipinski definition) is 4. The van der Waals surface area contributed by atoms with Crippen LogP contribution in [-0.4, -0.2) is 33.8 Å². The van der Waals surface area contributed by atoms with Gasteiger partial charge in [-0.2, -0.15) is 5.10 Å². The molecule has 2 bridgehead atoms. The number of carbonyl (C=O) groups excluding carboxylic acids is 2. The summed E-state index contributed by atoms with van der Waals surface area (Å²) in [5.74, 6) is -0.633. The van der Waals surface area contributed by atoms with E-state index in [0.717, 1.165) is 18.4 Å². The largest absolute Gasteiger partial charge is 0.373 e. The number of carbonyl (C=O) groups is 2. The minimum Gasteiger partial charge on any atom is -0.373 e. The van der Waals surface area contributed by atoms with E-state index in [2.05, 4.69) is 5.10 Å². The van der Waals surface area contributed by atoms with E-state index in [0.29, 0.717) is 17.4 Å². The first-order valence-corrected chi connectivity index (χ1v) is 8.81. The Morgan fingerprint density at radius 3 is 2.44 bits per heavy atom. The molecule has 3 saturated heterocycles. The van der Waals surface area contributed by atoms with Gasteiger partial charge in [0.25, 0.3) is 0 Å². The summed E-state index contributed by atoms with van der Waals surface area (Å²) in [6, 6.07) is 9.24. The summed E-state index contributed by atoms with van der Waals surface area (Å²) < 4.78 is 7.44. The van der Waals surface area contributed by atoms with Gasteiger partial charge in [0.2, 0.25) is 11.8 Å². The highest BCUT2D eigenvalue weighted by Crippen LogP contribution is 2.49. The molecule has 1 aromatic heterocycles. The van der Waals surface area contributed by atoms with Crippen LogP contribution in [0.2, 0.25) is 5.02 Å². The van der Waals surface area contributed by atoms with Gasteiger partial charge < -0.3 is 4.74 Å². The van der Waals surface area contributed by atoms with Crippen molar-refractivity contribution in [3.05, 3.63) is 47.1 Å². The first kappa shape index (κ1) is 15.1. The van der Waals surface area contributed by atoms with Gasteiger partial charge in [0.15, 0.2) is 5.82 Å². The lowest BCUT2D eigenvalue weighted by molar-refractivity contribution is -0.124. The molecule has 3 aliphatic rings. The molecule has 3 aliphatic heterocycles. The fourth-order valence-corrected chi connectivity index (χ4v) is 4.49. The average Bonchev–Trinajstić information content (AvgIpc) is 3.35. The molecule has 128 valence electrons. The number of aromatic nitrogens is 2. The predicted octanol–water partition coefficient (Wildman–Crippen LogP) is 2.25. The van der Waals surface area contributed by atoms with Gasteiger partial charge in [-0.3, -0.25) is 14.3 Å². The van der Waals surface area contributed by atoms with Crippen LogP contribution in [0.15, 0.2) is 36.5 Å². The van der Waals surface area contributed by atoms with E-state index < -0.39 is 0 Å². The van der Waals surface area contributed by atoms with E-state index in [-0.39, 0.29) is 35.9 Å². The van der Waals surface area contributed by atoms with Gasteiger partial charge in [0, 0.05) is 17.3 Å². The van der Waals surface area contributed by atoms with Crippen molar-refractivity contribution in [3.63, 3.8) is 0 Å². The number of ether oxygens (including phenoxy) is 1. The third-order valence-electron chi connectivity index (χ3n) is 5.43. The average molecular weight is 358 g/mol. The van der Waals surface area contributed by atoms with Gasteiger partial charge >= 0.3 is 0 Å². The van der Waals surface area contributed by atoms with Gasteiger partial charge in [-0.15, -0.1) is 0 Å². The summed E-state index contributed by atoms with van der Waals surface area (Å²) in [6.45, 7) is 0.483. The Kier molecular flexibility index (Phi) is 3.27. The third kappa shape index (κ3) is 2.17. The van der Waals surface area contributed by atoms with E-state index >= 15 is 0 Å². The molecule has 2 aromatic rings. The highest BCUT2D eigenvalue weighted by molar-refractivity contribution is 6.31. The van der Waals surface area contributed by atoms with Crippen LogP contribution >= 0.6 is 11.6 Å².